The zero-order valence-electron chi connectivity index (χ0n) is 13.4. The van der Waals surface area contributed by atoms with E-state index in [2.05, 4.69) is 21.7 Å². The third kappa shape index (κ3) is 3.81. The largest absolute Gasteiger partial charge is 0.361 e. The average Bonchev–Trinajstić information content (AvgIpc) is 2.98. The fourth-order valence-corrected chi connectivity index (χ4v) is 2.65. The van der Waals surface area contributed by atoms with Crippen LogP contribution in [0.5, 0.6) is 0 Å². The van der Waals surface area contributed by atoms with Crippen molar-refractivity contribution in [2.45, 2.75) is 19.8 Å². The van der Waals surface area contributed by atoms with Crippen LogP contribution in [0.25, 0.3) is 10.9 Å². The van der Waals surface area contributed by atoms with Crippen molar-refractivity contribution in [1.82, 2.24) is 4.98 Å². The van der Waals surface area contributed by atoms with Gasteiger partial charge in [-0.1, -0.05) is 18.2 Å². The Morgan fingerprint density at radius 3 is 2.33 bits per heavy atom. The predicted octanol–water partition coefficient (Wildman–Crippen LogP) is 3.70. The minimum atomic E-state index is -0.120. The summed E-state index contributed by atoms with van der Waals surface area (Å²) in [4.78, 5) is 26.3. The minimum absolute atomic E-state index is 0.0347. The fraction of sp³-hybridized carbons (Fsp3) is 0.158. The predicted molar refractivity (Wildman–Crippen MR) is 96.0 cm³/mol. The number of rotatable bonds is 5. The Hall–Kier alpha value is -3.08. The number of aryl methyl sites for hydroxylation is 1. The van der Waals surface area contributed by atoms with Gasteiger partial charge in [-0.15, -0.1) is 0 Å². The number of carbonyl (C=O) groups excluding carboxylic acids is 2. The second-order valence-electron chi connectivity index (χ2n) is 5.67. The molecule has 0 aliphatic carbocycles. The number of carbonyl (C=O) groups is 2. The number of fused-ring (bicyclic) bond motifs is 1. The van der Waals surface area contributed by atoms with Crippen molar-refractivity contribution in [2.24, 2.45) is 0 Å². The van der Waals surface area contributed by atoms with Crippen LogP contribution in [0, 0.1) is 0 Å². The SMILES string of the molecule is CC(=O)Nc1ccc(NC(=O)CCc2c[nH]c3ccccc23)cc1. The molecular formula is C19H19N3O2. The quantitative estimate of drug-likeness (QED) is 0.670. The topological polar surface area (TPSA) is 74.0 Å². The average molecular weight is 321 g/mol. The van der Waals surface area contributed by atoms with Crippen molar-refractivity contribution in [1.29, 1.82) is 0 Å². The fourth-order valence-electron chi connectivity index (χ4n) is 2.65. The van der Waals surface area contributed by atoms with Crippen LogP contribution in [0.2, 0.25) is 0 Å². The number of aromatic amines is 1. The van der Waals surface area contributed by atoms with Gasteiger partial charge < -0.3 is 15.6 Å². The molecule has 0 aliphatic heterocycles. The van der Waals surface area contributed by atoms with Crippen molar-refractivity contribution in [3.8, 4) is 0 Å². The molecule has 0 fully saturated rings. The van der Waals surface area contributed by atoms with Crippen molar-refractivity contribution in [2.75, 3.05) is 10.6 Å². The van der Waals surface area contributed by atoms with E-state index in [1.807, 2.05) is 24.4 Å². The number of anilines is 2. The summed E-state index contributed by atoms with van der Waals surface area (Å²) in [5.41, 5.74) is 3.65. The number of amides is 2. The molecule has 122 valence electrons. The summed E-state index contributed by atoms with van der Waals surface area (Å²) in [6.45, 7) is 1.46. The van der Waals surface area contributed by atoms with Crippen LogP contribution in [0.4, 0.5) is 11.4 Å². The third-order valence-electron chi connectivity index (χ3n) is 3.79. The van der Waals surface area contributed by atoms with Gasteiger partial charge in [0.05, 0.1) is 0 Å². The molecule has 0 spiro atoms. The van der Waals surface area contributed by atoms with Crippen molar-refractivity contribution in [3.05, 3.63) is 60.3 Å². The molecule has 0 saturated carbocycles. The maximum absolute atomic E-state index is 12.1. The van der Waals surface area contributed by atoms with Crippen molar-refractivity contribution in [3.63, 3.8) is 0 Å². The summed E-state index contributed by atoms with van der Waals surface area (Å²) in [5, 5.41) is 6.72. The number of hydrogen-bond acceptors (Lipinski definition) is 2. The zero-order chi connectivity index (χ0) is 16.9. The molecule has 5 nitrogen and oxygen atoms in total. The molecule has 2 aromatic carbocycles. The molecule has 1 aromatic heterocycles. The summed E-state index contributed by atoms with van der Waals surface area (Å²) >= 11 is 0. The zero-order valence-corrected chi connectivity index (χ0v) is 13.4. The van der Waals surface area contributed by atoms with Gasteiger partial charge in [0.25, 0.3) is 0 Å². The Morgan fingerprint density at radius 2 is 1.62 bits per heavy atom. The lowest BCUT2D eigenvalue weighted by atomic mass is 10.1. The van der Waals surface area contributed by atoms with Crippen LogP contribution in [0.1, 0.15) is 18.9 Å². The standard InChI is InChI=1S/C19H19N3O2/c1-13(23)21-15-7-9-16(10-8-15)22-19(24)11-6-14-12-20-18-5-3-2-4-17(14)18/h2-5,7-10,12,20H,6,11H2,1H3,(H,21,23)(H,22,24). The summed E-state index contributed by atoms with van der Waals surface area (Å²) in [7, 11) is 0. The number of H-pyrrole nitrogens is 1. The molecule has 3 aromatic rings. The van der Waals surface area contributed by atoms with E-state index in [0.29, 0.717) is 24.2 Å². The Kier molecular flexibility index (Phi) is 4.61. The molecule has 24 heavy (non-hydrogen) atoms. The van der Waals surface area contributed by atoms with Gasteiger partial charge in [-0.2, -0.15) is 0 Å². The monoisotopic (exact) mass is 321 g/mol. The third-order valence-corrected chi connectivity index (χ3v) is 3.79. The summed E-state index contributed by atoms with van der Waals surface area (Å²) in [6, 6.07) is 15.1. The molecule has 0 aliphatic rings. The highest BCUT2D eigenvalue weighted by Gasteiger charge is 2.07. The Bertz CT molecular complexity index is 866. The number of nitrogens with one attached hydrogen (secondary N) is 3. The Balaban J connectivity index is 1.56. The molecule has 0 radical (unpaired) electrons. The summed E-state index contributed by atoms with van der Waals surface area (Å²) in [5.74, 6) is -0.155. The molecule has 0 unspecified atom stereocenters. The van der Waals surface area contributed by atoms with Crippen LogP contribution in [0.15, 0.2) is 54.7 Å². The van der Waals surface area contributed by atoms with Gasteiger partial charge in [-0.3, -0.25) is 9.59 Å². The van der Waals surface area contributed by atoms with Crippen molar-refractivity contribution < 1.29 is 9.59 Å². The second kappa shape index (κ2) is 7.00. The van der Waals surface area contributed by atoms with Crippen LogP contribution in [-0.4, -0.2) is 16.8 Å². The van der Waals surface area contributed by atoms with E-state index < -0.39 is 0 Å². The summed E-state index contributed by atoms with van der Waals surface area (Å²) in [6.07, 6.45) is 3.05. The smallest absolute Gasteiger partial charge is 0.224 e. The Morgan fingerprint density at radius 1 is 0.958 bits per heavy atom. The molecular weight excluding hydrogens is 302 g/mol. The van der Waals surface area contributed by atoms with E-state index in [4.69, 9.17) is 0 Å². The van der Waals surface area contributed by atoms with Crippen LogP contribution < -0.4 is 10.6 Å². The van der Waals surface area contributed by atoms with E-state index in [9.17, 15) is 9.59 Å². The van der Waals surface area contributed by atoms with E-state index >= 15 is 0 Å². The molecule has 3 N–H and O–H groups in total. The first kappa shape index (κ1) is 15.8. The van der Waals surface area contributed by atoms with E-state index in [0.717, 1.165) is 16.5 Å². The van der Waals surface area contributed by atoms with Gasteiger partial charge in [0.15, 0.2) is 0 Å². The summed E-state index contributed by atoms with van der Waals surface area (Å²) < 4.78 is 0. The molecule has 0 bridgehead atoms. The van der Waals surface area contributed by atoms with Crippen molar-refractivity contribution >= 4 is 34.1 Å². The van der Waals surface area contributed by atoms with Gasteiger partial charge in [-0.25, -0.2) is 0 Å². The second-order valence-corrected chi connectivity index (χ2v) is 5.67. The number of benzene rings is 2. The number of hydrogen-bond donors (Lipinski definition) is 3. The number of para-hydroxylation sites is 1. The number of aromatic nitrogens is 1. The van der Waals surface area contributed by atoms with E-state index in [1.165, 1.54) is 6.92 Å². The molecule has 2 amide bonds. The Labute approximate surface area is 140 Å². The van der Waals surface area contributed by atoms with Gasteiger partial charge >= 0.3 is 0 Å². The first-order valence-electron chi connectivity index (χ1n) is 7.84. The first-order valence-corrected chi connectivity index (χ1v) is 7.84. The lowest BCUT2D eigenvalue weighted by molar-refractivity contribution is -0.116. The first-order chi connectivity index (χ1) is 11.6. The maximum Gasteiger partial charge on any atom is 0.224 e. The van der Waals surface area contributed by atoms with Crippen LogP contribution >= 0.6 is 0 Å². The highest BCUT2D eigenvalue weighted by Crippen LogP contribution is 2.19. The lowest BCUT2D eigenvalue weighted by Gasteiger charge is -2.07. The van der Waals surface area contributed by atoms with Gasteiger partial charge in [0.2, 0.25) is 11.8 Å². The minimum Gasteiger partial charge on any atom is -0.361 e. The highest BCUT2D eigenvalue weighted by molar-refractivity contribution is 5.92. The maximum atomic E-state index is 12.1. The lowest BCUT2D eigenvalue weighted by Crippen LogP contribution is -2.12. The van der Waals surface area contributed by atoms with Gasteiger partial charge in [0.1, 0.15) is 0 Å². The molecule has 1 heterocycles. The molecule has 0 atom stereocenters. The normalized spacial score (nSPS) is 10.5. The molecule has 5 heteroatoms. The highest BCUT2D eigenvalue weighted by atomic mass is 16.2. The van der Waals surface area contributed by atoms with E-state index in [-0.39, 0.29) is 11.8 Å². The molecule has 3 rings (SSSR count). The van der Waals surface area contributed by atoms with Crippen LogP contribution in [0.3, 0.4) is 0 Å². The van der Waals surface area contributed by atoms with Crippen LogP contribution in [-0.2, 0) is 16.0 Å². The van der Waals surface area contributed by atoms with Gasteiger partial charge in [-0.05, 0) is 42.3 Å². The van der Waals surface area contributed by atoms with E-state index in [1.54, 1.807) is 24.3 Å². The molecule has 0 saturated heterocycles. The van der Waals surface area contributed by atoms with Gasteiger partial charge in [0, 0.05) is 41.8 Å².